The van der Waals surface area contributed by atoms with Crippen molar-refractivity contribution in [2.24, 2.45) is 11.7 Å². The molecular formula is C13H21N3O2. The number of hydrogen-bond donors (Lipinski definition) is 3. The van der Waals surface area contributed by atoms with Crippen molar-refractivity contribution >= 4 is 11.7 Å². The molecule has 0 radical (unpaired) electrons. The molecule has 0 heterocycles. The summed E-state index contributed by atoms with van der Waals surface area (Å²) in [6.07, 6.45) is 0. The van der Waals surface area contributed by atoms with Crippen molar-refractivity contribution < 1.29 is 9.53 Å². The number of benzene rings is 1. The van der Waals surface area contributed by atoms with Crippen LogP contribution >= 0.6 is 0 Å². The van der Waals surface area contributed by atoms with Gasteiger partial charge in [-0.05, 0) is 18.1 Å². The molecule has 5 nitrogen and oxygen atoms in total. The van der Waals surface area contributed by atoms with Gasteiger partial charge in [0.2, 0.25) is 0 Å². The van der Waals surface area contributed by atoms with Crippen LogP contribution in [0.3, 0.4) is 0 Å². The van der Waals surface area contributed by atoms with E-state index >= 15 is 0 Å². The summed E-state index contributed by atoms with van der Waals surface area (Å²) in [7, 11) is 1.58. The van der Waals surface area contributed by atoms with Crippen molar-refractivity contribution in [3.8, 4) is 5.75 Å². The molecule has 0 aliphatic rings. The number of hydrogen-bond acceptors (Lipinski definition) is 3. The number of nitrogens with one attached hydrogen (secondary N) is 2. The Balaban J connectivity index is 2.44. The Morgan fingerprint density at radius 3 is 2.78 bits per heavy atom. The van der Waals surface area contributed by atoms with Gasteiger partial charge in [-0.2, -0.15) is 0 Å². The van der Waals surface area contributed by atoms with Gasteiger partial charge in [-0.3, -0.25) is 0 Å². The highest BCUT2D eigenvalue weighted by Gasteiger charge is 2.09. The fourth-order valence-electron chi connectivity index (χ4n) is 1.32. The zero-order valence-corrected chi connectivity index (χ0v) is 11.1. The second-order valence-electron chi connectivity index (χ2n) is 4.47. The normalized spacial score (nSPS) is 12.1. The molecule has 18 heavy (non-hydrogen) atoms. The van der Waals surface area contributed by atoms with Crippen LogP contribution in [0.25, 0.3) is 0 Å². The first kappa shape index (κ1) is 14.3. The van der Waals surface area contributed by atoms with Crippen molar-refractivity contribution in [3.63, 3.8) is 0 Å². The Labute approximate surface area is 108 Å². The molecule has 0 aromatic heterocycles. The Hall–Kier alpha value is -1.75. The number of urea groups is 1. The maximum Gasteiger partial charge on any atom is 0.319 e. The fraction of sp³-hybridized carbons (Fsp3) is 0.462. The van der Waals surface area contributed by atoms with Crippen molar-refractivity contribution in [1.82, 2.24) is 5.32 Å². The molecule has 0 bridgehead atoms. The van der Waals surface area contributed by atoms with Gasteiger partial charge in [-0.15, -0.1) is 0 Å². The van der Waals surface area contributed by atoms with E-state index in [4.69, 9.17) is 10.5 Å². The van der Waals surface area contributed by atoms with Gasteiger partial charge in [-0.1, -0.05) is 19.9 Å². The van der Waals surface area contributed by atoms with Gasteiger partial charge in [0.25, 0.3) is 0 Å². The molecule has 4 N–H and O–H groups in total. The van der Waals surface area contributed by atoms with Gasteiger partial charge >= 0.3 is 6.03 Å². The molecule has 0 saturated carbocycles. The van der Waals surface area contributed by atoms with Crippen LogP contribution in [0.5, 0.6) is 5.75 Å². The van der Waals surface area contributed by atoms with Crippen molar-refractivity contribution in [2.75, 3.05) is 19.0 Å². The minimum absolute atomic E-state index is 0.0407. The van der Waals surface area contributed by atoms with E-state index in [1.54, 1.807) is 19.2 Å². The number of carbonyl (C=O) groups is 1. The standard InChI is InChI=1S/C13H21N3O2/c1-9(2)12(14)8-15-13(17)16-10-5-4-6-11(7-10)18-3/h4-7,9,12H,8,14H2,1-3H3,(H2,15,16,17). The molecule has 1 aromatic carbocycles. The summed E-state index contributed by atoms with van der Waals surface area (Å²) >= 11 is 0. The Bertz CT molecular complexity index is 394. The van der Waals surface area contributed by atoms with E-state index in [1.807, 2.05) is 26.0 Å². The number of methoxy groups -OCH3 is 1. The minimum atomic E-state index is -0.264. The van der Waals surface area contributed by atoms with E-state index < -0.39 is 0 Å². The Morgan fingerprint density at radius 1 is 1.44 bits per heavy atom. The number of amides is 2. The first-order valence-corrected chi connectivity index (χ1v) is 5.97. The van der Waals surface area contributed by atoms with Crippen molar-refractivity contribution in [3.05, 3.63) is 24.3 Å². The monoisotopic (exact) mass is 251 g/mol. The largest absolute Gasteiger partial charge is 0.497 e. The summed E-state index contributed by atoms with van der Waals surface area (Å²) in [6.45, 7) is 4.49. The molecule has 0 saturated heterocycles. The van der Waals surface area contributed by atoms with Crippen molar-refractivity contribution in [1.29, 1.82) is 0 Å². The molecule has 0 aliphatic heterocycles. The maximum atomic E-state index is 11.6. The third-order valence-corrected chi connectivity index (χ3v) is 2.68. The lowest BCUT2D eigenvalue weighted by atomic mass is 10.1. The average molecular weight is 251 g/mol. The van der Waals surface area contributed by atoms with Crippen LogP contribution in [0.2, 0.25) is 0 Å². The molecule has 1 rings (SSSR count). The lowest BCUT2D eigenvalue weighted by molar-refractivity contribution is 0.250. The molecular weight excluding hydrogens is 230 g/mol. The van der Waals surface area contributed by atoms with E-state index in [2.05, 4.69) is 10.6 Å². The third kappa shape index (κ3) is 4.63. The number of anilines is 1. The molecule has 0 fully saturated rings. The zero-order valence-electron chi connectivity index (χ0n) is 11.1. The van der Waals surface area contributed by atoms with E-state index in [0.717, 1.165) is 0 Å². The second kappa shape index (κ2) is 6.86. The van der Waals surface area contributed by atoms with E-state index in [-0.39, 0.29) is 12.1 Å². The summed E-state index contributed by atoms with van der Waals surface area (Å²) in [5.41, 5.74) is 6.53. The van der Waals surface area contributed by atoms with Gasteiger partial charge in [0.05, 0.1) is 7.11 Å². The summed E-state index contributed by atoms with van der Waals surface area (Å²) in [5, 5.41) is 5.46. The molecule has 1 unspecified atom stereocenters. The van der Waals surface area contributed by atoms with Crippen LogP contribution in [-0.2, 0) is 0 Å². The van der Waals surface area contributed by atoms with E-state index in [0.29, 0.717) is 23.9 Å². The van der Waals surface area contributed by atoms with Crippen LogP contribution in [0.4, 0.5) is 10.5 Å². The first-order valence-electron chi connectivity index (χ1n) is 5.97. The molecule has 5 heteroatoms. The van der Waals surface area contributed by atoms with Crippen LogP contribution in [-0.4, -0.2) is 25.7 Å². The summed E-state index contributed by atoms with van der Waals surface area (Å²) in [4.78, 5) is 11.6. The quantitative estimate of drug-likeness (QED) is 0.747. The molecule has 1 aromatic rings. The van der Waals surface area contributed by atoms with Crippen LogP contribution in [0.1, 0.15) is 13.8 Å². The Morgan fingerprint density at radius 2 is 2.17 bits per heavy atom. The molecule has 2 amide bonds. The first-order chi connectivity index (χ1) is 8.52. The lowest BCUT2D eigenvalue weighted by Gasteiger charge is -2.16. The van der Waals surface area contributed by atoms with Gasteiger partial charge in [0.15, 0.2) is 0 Å². The third-order valence-electron chi connectivity index (χ3n) is 2.68. The van der Waals surface area contributed by atoms with Crippen molar-refractivity contribution in [2.45, 2.75) is 19.9 Å². The molecule has 0 spiro atoms. The van der Waals surface area contributed by atoms with Crippen LogP contribution in [0, 0.1) is 5.92 Å². The molecule has 1 atom stereocenters. The second-order valence-corrected chi connectivity index (χ2v) is 4.47. The van der Waals surface area contributed by atoms with Crippen LogP contribution in [0.15, 0.2) is 24.3 Å². The Kier molecular flexibility index (Phi) is 5.45. The smallest absolute Gasteiger partial charge is 0.319 e. The SMILES string of the molecule is COc1cccc(NC(=O)NCC(N)C(C)C)c1. The predicted octanol–water partition coefficient (Wildman–Crippen LogP) is 1.80. The topological polar surface area (TPSA) is 76.4 Å². The molecule has 0 aliphatic carbocycles. The van der Waals surface area contributed by atoms with Gasteiger partial charge in [-0.25, -0.2) is 4.79 Å². The highest BCUT2D eigenvalue weighted by molar-refractivity contribution is 5.89. The summed E-state index contributed by atoms with van der Waals surface area (Å²) in [6, 6.07) is 6.87. The average Bonchev–Trinajstić information content (AvgIpc) is 2.36. The summed E-state index contributed by atoms with van der Waals surface area (Å²) < 4.78 is 5.07. The maximum absolute atomic E-state index is 11.6. The lowest BCUT2D eigenvalue weighted by Crippen LogP contribution is -2.42. The fourth-order valence-corrected chi connectivity index (χ4v) is 1.32. The number of nitrogens with two attached hydrogens (primary N) is 1. The highest BCUT2D eigenvalue weighted by atomic mass is 16.5. The van der Waals surface area contributed by atoms with Crippen LogP contribution < -0.4 is 21.1 Å². The van der Waals surface area contributed by atoms with Gasteiger partial charge < -0.3 is 21.1 Å². The van der Waals surface area contributed by atoms with E-state index in [1.165, 1.54) is 0 Å². The number of rotatable bonds is 5. The number of carbonyl (C=O) groups excluding carboxylic acids is 1. The van der Waals surface area contributed by atoms with Gasteiger partial charge in [0, 0.05) is 24.3 Å². The molecule has 100 valence electrons. The van der Waals surface area contributed by atoms with Gasteiger partial charge in [0.1, 0.15) is 5.75 Å². The summed E-state index contributed by atoms with van der Waals surface area (Å²) in [5.74, 6) is 1.04. The predicted molar refractivity (Wildman–Crippen MR) is 72.8 cm³/mol. The minimum Gasteiger partial charge on any atom is -0.497 e. The zero-order chi connectivity index (χ0) is 13.5. The van der Waals surface area contributed by atoms with E-state index in [9.17, 15) is 4.79 Å². The highest BCUT2D eigenvalue weighted by Crippen LogP contribution is 2.16. The number of ether oxygens (including phenoxy) is 1.